The standard InChI is InChI=1S/C17H26N2OS/c1-3-13-11-19-7-4-15(13)16(18-2)14-5-8-20-17(10-14)6-9-21-12-17/h4,7,11,14,16,18H,3,5-6,8-10,12H2,1-2H3. The van der Waals surface area contributed by atoms with Crippen LogP contribution in [-0.4, -0.2) is 35.7 Å². The zero-order chi connectivity index (χ0) is 14.7. The molecule has 3 heterocycles. The van der Waals surface area contributed by atoms with E-state index in [0.29, 0.717) is 12.0 Å². The van der Waals surface area contributed by atoms with Crippen LogP contribution in [0, 0.1) is 5.92 Å². The van der Waals surface area contributed by atoms with Gasteiger partial charge in [0.25, 0.3) is 0 Å². The van der Waals surface area contributed by atoms with Crippen molar-refractivity contribution in [2.45, 2.75) is 44.2 Å². The molecule has 116 valence electrons. The van der Waals surface area contributed by atoms with Gasteiger partial charge in [-0.15, -0.1) is 0 Å². The summed E-state index contributed by atoms with van der Waals surface area (Å²) in [5.74, 6) is 3.10. The minimum absolute atomic E-state index is 0.155. The Morgan fingerprint density at radius 2 is 2.48 bits per heavy atom. The minimum atomic E-state index is 0.155. The van der Waals surface area contributed by atoms with E-state index < -0.39 is 0 Å². The van der Waals surface area contributed by atoms with Gasteiger partial charge in [0.1, 0.15) is 0 Å². The Morgan fingerprint density at radius 1 is 1.57 bits per heavy atom. The van der Waals surface area contributed by atoms with Crippen molar-refractivity contribution in [3.05, 3.63) is 29.6 Å². The molecular formula is C17H26N2OS. The first-order chi connectivity index (χ1) is 10.3. The van der Waals surface area contributed by atoms with Gasteiger partial charge in [-0.25, -0.2) is 0 Å². The summed E-state index contributed by atoms with van der Waals surface area (Å²) in [5.41, 5.74) is 2.96. The highest BCUT2D eigenvalue weighted by Gasteiger charge is 2.42. The largest absolute Gasteiger partial charge is 0.374 e. The first kappa shape index (κ1) is 15.3. The number of hydrogen-bond acceptors (Lipinski definition) is 4. The fourth-order valence-corrected chi connectivity index (χ4v) is 5.27. The molecule has 0 aliphatic carbocycles. The minimum Gasteiger partial charge on any atom is -0.374 e. The van der Waals surface area contributed by atoms with E-state index in [1.54, 1.807) is 0 Å². The lowest BCUT2D eigenvalue weighted by atomic mass is 9.78. The maximum absolute atomic E-state index is 6.18. The summed E-state index contributed by atoms with van der Waals surface area (Å²) >= 11 is 2.05. The van der Waals surface area contributed by atoms with E-state index >= 15 is 0 Å². The first-order valence-electron chi connectivity index (χ1n) is 8.10. The lowest BCUT2D eigenvalue weighted by Gasteiger charge is -2.41. The Balaban J connectivity index is 1.82. The van der Waals surface area contributed by atoms with Crippen molar-refractivity contribution in [1.29, 1.82) is 0 Å². The third-order valence-electron chi connectivity index (χ3n) is 5.04. The van der Waals surface area contributed by atoms with Crippen molar-refractivity contribution in [2.24, 2.45) is 5.92 Å². The predicted octanol–water partition coefficient (Wildman–Crippen LogP) is 3.21. The molecule has 0 saturated carbocycles. The van der Waals surface area contributed by atoms with E-state index in [2.05, 4.69) is 30.3 Å². The van der Waals surface area contributed by atoms with Crippen LogP contribution >= 0.6 is 11.8 Å². The van der Waals surface area contributed by atoms with E-state index in [-0.39, 0.29) is 5.60 Å². The van der Waals surface area contributed by atoms with Gasteiger partial charge in [-0.1, -0.05) is 6.92 Å². The number of ether oxygens (including phenoxy) is 1. The summed E-state index contributed by atoms with van der Waals surface area (Å²) in [6.07, 6.45) is 8.58. The molecule has 2 aliphatic rings. The molecule has 4 heteroatoms. The van der Waals surface area contributed by atoms with Gasteiger partial charge in [0, 0.05) is 30.8 Å². The van der Waals surface area contributed by atoms with Gasteiger partial charge in [-0.3, -0.25) is 4.98 Å². The average molecular weight is 306 g/mol. The zero-order valence-electron chi connectivity index (χ0n) is 13.1. The smallest absolute Gasteiger partial charge is 0.0783 e. The van der Waals surface area contributed by atoms with Gasteiger partial charge in [-0.05, 0) is 61.6 Å². The molecule has 1 N–H and O–H groups in total. The van der Waals surface area contributed by atoms with E-state index in [0.717, 1.165) is 19.4 Å². The molecule has 2 fully saturated rings. The molecule has 3 unspecified atom stereocenters. The normalized spacial score (nSPS) is 30.7. The molecule has 3 rings (SSSR count). The van der Waals surface area contributed by atoms with Crippen LogP contribution in [0.4, 0.5) is 0 Å². The van der Waals surface area contributed by atoms with Gasteiger partial charge < -0.3 is 10.1 Å². The molecule has 2 saturated heterocycles. The molecule has 0 bridgehead atoms. The molecule has 2 aliphatic heterocycles. The average Bonchev–Trinajstić information content (AvgIpc) is 2.96. The van der Waals surface area contributed by atoms with E-state index in [1.807, 2.05) is 24.2 Å². The summed E-state index contributed by atoms with van der Waals surface area (Å²) < 4.78 is 6.18. The second kappa shape index (κ2) is 6.67. The highest BCUT2D eigenvalue weighted by atomic mass is 32.2. The third-order valence-corrected chi connectivity index (χ3v) is 6.26. The lowest BCUT2D eigenvalue weighted by Crippen LogP contribution is -2.43. The number of thioether (sulfide) groups is 1. The molecule has 0 amide bonds. The van der Waals surface area contributed by atoms with Crippen LogP contribution in [0.1, 0.15) is 43.4 Å². The van der Waals surface area contributed by atoms with Crippen LogP contribution in [0.15, 0.2) is 18.5 Å². The van der Waals surface area contributed by atoms with Crippen LogP contribution in [0.25, 0.3) is 0 Å². The van der Waals surface area contributed by atoms with Crippen molar-refractivity contribution in [1.82, 2.24) is 10.3 Å². The molecule has 0 aromatic carbocycles. The number of nitrogens with one attached hydrogen (secondary N) is 1. The molecule has 3 atom stereocenters. The van der Waals surface area contributed by atoms with E-state index in [4.69, 9.17) is 4.74 Å². The van der Waals surface area contributed by atoms with Crippen molar-refractivity contribution in [3.8, 4) is 0 Å². The number of pyridine rings is 1. The van der Waals surface area contributed by atoms with Gasteiger partial charge >= 0.3 is 0 Å². The van der Waals surface area contributed by atoms with Crippen molar-refractivity contribution in [3.63, 3.8) is 0 Å². The fourth-order valence-electron chi connectivity index (χ4n) is 3.90. The number of aryl methyl sites for hydroxylation is 1. The molecule has 21 heavy (non-hydrogen) atoms. The Bertz CT molecular complexity index is 474. The summed E-state index contributed by atoms with van der Waals surface area (Å²) in [7, 11) is 2.09. The van der Waals surface area contributed by atoms with Crippen molar-refractivity contribution < 1.29 is 4.74 Å². The summed E-state index contributed by atoms with van der Waals surface area (Å²) in [6.45, 7) is 3.13. The van der Waals surface area contributed by atoms with Gasteiger partial charge in [0.2, 0.25) is 0 Å². The summed E-state index contributed by atoms with van der Waals surface area (Å²) in [5, 5.41) is 3.58. The highest BCUT2D eigenvalue weighted by molar-refractivity contribution is 7.99. The van der Waals surface area contributed by atoms with Crippen LogP contribution < -0.4 is 5.32 Å². The quantitative estimate of drug-likeness (QED) is 0.926. The summed E-state index contributed by atoms with van der Waals surface area (Å²) in [4.78, 5) is 4.29. The lowest BCUT2D eigenvalue weighted by molar-refractivity contribution is -0.0851. The summed E-state index contributed by atoms with van der Waals surface area (Å²) in [6, 6.07) is 2.63. The Morgan fingerprint density at radius 3 is 3.19 bits per heavy atom. The predicted molar refractivity (Wildman–Crippen MR) is 88.8 cm³/mol. The fraction of sp³-hybridized carbons (Fsp3) is 0.706. The number of hydrogen-bond donors (Lipinski definition) is 1. The van der Waals surface area contributed by atoms with Crippen LogP contribution in [-0.2, 0) is 11.2 Å². The third kappa shape index (κ3) is 3.13. The van der Waals surface area contributed by atoms with Crippen LogP contribution in [0.3, 0.4) is 0 Å². The van der Waals surface area contributed by atoms with Gasteiger partial charge in [-0.2, -0.15) is 11.8 Å². The monoisotopic (exact) mass is 306 g/mol. The Kier molecular flexibility index (Phi) is 4.87. The molecule has 0 radical (unpaired) electrons. The Hall–Kier alpha value is -0.580. The van der Waals surface area contributed by atoms with Crippen molar-refractivity contribution >= 4 is 11.8 Å². The van der Waals surface area contributed by atoms with Crippen LogP contribution in [0.5, 0.6) is 0 Å². The zero-order valence-corrected chi connectivity index (χ0v) is 13.9. The van der Waals surface area contributed by atoms with Gasteiger partial charge in [0.15, 0.2) is 0 Å². The molecular weight excluding hydrogens is 280 g/mol. The second-order valence-corrected chi connectivity index (χ2v) is 7.39. The number of aromatic nitrogens is 1. The first-order valence-corrected chi connectivity index (χ1v) is 9.25. The van der Waals surface area contributed by atoms with Gasteiger partial charge in [0.05, 0.1) is 5.60 Å². The van der Waals surface area contributed by atoms with E-state index in [9.17, 15) is 0 Å². The van der Waals surface area contributed by atoms with Crippen molar-refractivity contribution in [2.75, 3.05) is 25.2 Å². The maximum atomic E-state index is 6.18. The SMILES string of the molecule is CCc1cnccc1C(NC)C1CCOC2(CCSC2)C1. The molecule has 1 aromatic heterocycles. The molecule has 1 spiro atoms. The highest BCUT2D eigenvalue weighted by Crippen LogP contribution is 2.44. The second-order valence-electron chi connectivity index (χ2n) is 6.28. The molecule has 1 aromatic rings. The Labute approximate surface area is 132 Å². The van der Waals surface area contributed by atoms with Crippen LogP contribution in [0.2, 0.25) is 0 Å². The number of rotatable bonds is 4. The molecule has 3 nitrogen and oxygen atoms in total. The number of nitrogens with zero attached hydrogens (tertiary/aromatic N) is 1. The topological polar surface area (TPSA) is 34.2 Å². The maximum Gasteiger partial charge on any atom is 0.0783 e. The van der Waals surface area contributed by atoms with E-state index in [1.165, 1.54) is 35.5 Å².